The lowest BCUT2D eigenvalue weighted by molar-refractivity contribution is 0.255. The number of nitrogens with two attached hydrogens (primary N) is 1. The lowest BCUT2D eigenvalue weighted by Gasteiger charge is -2.29. The highest BCUT2D eigenvalue weighted by Crippen LogP contribution is 2.32. The van der Waals surface area contributed by atoms with Crippen molar-refractivity contribution in [2.24, 2.45) is 0 Å². The number of benzene rings is 1. The fraction of sp³-hybridized carbons (Fsp3) is 0.522. The van der Waals surface area contributed by atoms with Gasteiger partial charge in [0.25, 0.3) is 0 Å². The molecule has 1 saturated heterocycles. The minimum Gasteiger partial charge on any atom is -0.496 e. The third-order valence-corrected chi connectivity index (χ3v) is 6.15. The van der Waals surface area contributed by atoms with Gasteiger partial charge in [-0.3, -0.25) is 4.68 Å². The van der Waals surface area contributed by atoms with Gasteiger partial charge in [0.1, 0.15) is 16.8 Å². The predicted octanol–water partition coefficient (Wildman–Crippen LogP) is 3.49. The third kappa shape index (κ3) is 4.74. The summed E-state index contributed by atoms with van der Waals surface area (Å²) in [5.41, 5.74) is 9.96. The van der Waals surface area contributed by atoms with E-state index in [0.29, 0.717) is 12.5 Å². The number of nitrogens with one attached hydrogen (secondary N) is 1. The van der Waals surface area contributed by atoms with E-state index in [-0.39, 0.29) is 5.95 Å². The van der Waals surface area contributed by atoms with Crippen LogP contribution in [0.15, 0.2) is 24.4 Å². The molecular weight excluding hydrogens is 390 g/mol. The number of hydrogen-bond donors (Lipinski definition) is 2. The summed E-state index contributed by atoms with van der Waals surface area (Å²) in [4.78, 5) is 11.2. The molecule has 8 heteroatoms. The van der Waals surface area contributed by atoms with Gasteiger partial charge in [-0.25, -0.2) is 4.98 Å². The molecule has 3 N–H and O–H groups in total. The van der Waals surface area contributed by atoms with Gasteiger partial charge in [-0.05, 0) is 56.9 Å². The summed E-state index contributed by atoms with van der Waals surface area (Å²) in [7, 11) is 3.93. The van der Waals surface area contributed by atoms with Gasteiger partial charge < -0.3 is 20.7 Å². The third-order valence-electron chi connectivity index (χ3n) is 6.15. The molecule has 1 fully saturated rings. The van der Waals surface area contributed by atoms with Crippen LogP contribution in [0.3, 0.4) is 0 Å². The van der Waals surface area contributed by atoms with Gasteiger partial charge in [-0.1, -0.05) is 25.5 Å². The van der Waals surface area contributed by atoms with Crippen LogP contribution in [-0.4, -0.2) is 58.4 Å². The fourth-order valence-electron chi connectivity index (χ4n) is 4.29. The van der Waals surface area contributed by atoms with Crippen molar-refractivity contribution in [3.05, 3.63) is 35.5 Å². The second kappa shape index (κ2) is 9.51. The molecule has 4 rings (SSSR count). The van der Waals surface area contributed by atoms with Gasteiger partial charge >= 0.3 is 0 Å². The standard InChI is InChI=1S/C23H33N7O/c1-4-5-10-25-22-21-19(27-23(24)28-22)14-26-30(21)15-18-7-6-17(13-20(18)31-3)16-8-11-29(2)12-9-16/h6-7,13-14,16H,4-5,8-12,15H2,1-3H3,(H3,24,25,27,28). The smallest absolute Gasteiger partial charge is 0.222 e. The number of anilines is 2. The monoisotopic (exact) mass is 423 g/mol. The maximum Gasteiger partial charge on any atom is 0.222 e. The van der Waals surface area contributed by atoms with Crippen molar-refractivity contribution in [1.29, 1.82) is 0 Å². The summed E-state index contributed by atoms with van der Waals surface area (Å²) in [6.07, 6.45) is 6.29. The Kier molecular flexibility index (Phi) is 6.56. The number of fused-ring (bicyclic) bond motifs is 1. The van der Waals surface area contributed by atoms with E-state index in [4.69, 9.17) is 10.5 Å². The van der Waals surface area contributed by atoms with Gasteiger partial charge in [0.05, 0.1) is 19.9 Å². The van der Waals surface area contributed by atoms with Crippen molar-refractivity contribution in [1.82, 2.24) is 24.6 Å². The van der Waals surface area contributed by atoms with E-state index in [1.54, 1.807) is 13.3 Å². The Hall–Kier alpha value is -2.87. The maximum absolute atomic E-state index is 5.91. The number of nitrogen functional groups attached to an aromatic ring is 1. The largest absolute Gasteiger partial charge is 0.496 e. The second-order valence-corrected chi connectivity index (χ2v) is 8.40. The average Bonchev–Trinajstić information content (AvgIpc) is 3.17. The maximum atomic E-state index is 5.91. The van der Waals surface area contributed by atoms with Gasteiger partial charge in [0.2, 0.25) is 5.95 Å². The normalized spacial score (nSPS) is 15.5. The molecule has 0 radical (unpaired) electrons. The molecule has 8 nitrogen and oxygen atoms in total. The van der Waals surface area contributed by atoms with Crippen LogP contribution in [0.1, 0.15) is 49.7 Å². The quantitative estimate of drug-likeness (QED) is 0.536. The Morgan fingerprint density at radius 2 is 2.03 bits per heavy atom. The number of likely N-dealkylation sites (tertiary alicyclic amines) is 1. The first-order chi connectivity index (χ1) is 15.1. The van der Waals surface area contributed by atoms with Crippen LogP contribution in [-0.2, 0) is 6.54 Å². The Balaban J connectivity index is 1.61. The summed E-state index contributed by atoms with van der Waals surface area (Å²) in [6, 6.07) is 6.61. The van der Waals surface area contributed by atoms with Crippen molar-refractivity contribution in [2.45, 2.75) is 45.1 Å². The fourth-order valence-corrected chi connectivity index (χ4v) is 4.29. The molecule has 0 unspecified atom stereocenters. The molecular formula is C23H33N7O. The molecule has 166 valence electrons. The summed E-state index contributed by atoms with van der Waals surface area (Å²) in [5.74, 6) is 2.48. The summed E-state index contributed by atoms with van der Waals surface area (Å²) in [5, 5.41) is 7.97. The minimum absolute atomic E-state index is 0.256. The number of unbranched alkanes of at least 4 members (excludes halogenated alkanes) is 1. The number of nitrogens with zero attached hydrogens (tertiary/aromatic N) is 5. The zero-order chi connectivity index (χ0) is 21.8. The molecule has 1 aliphatic rings. The average molecular weight is 424 g/mol. The zero-order valence-electron chi connectivity index (χ0n) is 18.8. The number of aromatic nitrogens is 4. The molecule has 0 spiro atoms. The minimum atomic E-state index is 0.256. The van der Waals surface area contributed by atoms with Gasteiger partial charge in [0.15, 0.2) is 5.82 Å². The Labute approximate surface area is 183 Å². The second-order valence-electron chi connectivity index (χ2n) is 8.40. The van der Waals surface area contributed by atoms with Gasteiger partial charge in [0, 0.05) is 12.1 Å². The molecule has 0 saturated carbocycles. The van der Waals surface area contributed by atoms with Crippen molar-refractivity contribution >= 4 is 22.8 Å². The number of hydrogen-bond acceptors (Lipinski definition) is 7. The van der Waals surface area contributed by atoms with Gasteiger partial charge in [-0.15, -0.1) is 0 Å². The molecule has 0 atom stereocenters. The van der Waals surface area contributed by atoms with Crippen molar-refractivity contribution < 1.29 is 4.74 Å². The molecule has 3 aromatic rings. The first kappa shape index (κ1) is 21.4. The van der Waals surface area contributed by atoms with Crippen molar-refractivity contribution in [2.75, 3.05) is 44.8 Å². The number of ether oxygens (including phenoxy) is 1. The van der Waals surface area contributed by atoms with Crippen LogP contribution in [0.5, 0.6) is 5.75 Å². The van der Waals surface area contributed by atoms with Crippen LogP contribution < -0.4 is 15.8 Å². The van der Waals surface area contributed by atoms with E-state index in [2.05, 4.69) is 57.5 Å². The molecule has 0 amide bonds. The lowest BCUT2D eigenvalue weighted by atomic mass is 9.89. The summed E-state index contributed by atoms with van der Waals surface area (Å²) >= 11 is 0. The molecule has 31 heavy (non-hydrogen) atoms. The Morgan fingerprint density at radius 1 is 1.23 bits per heavy atom. The summed E-state index contributed by atoms with van der Waals surface area (Å²) in [6.45, 7) is 5.87. The molecule has 1 aliphatic heterocycles. The number of rotatable bonds is 8. The first-order valence-electron chi connectivity index (χ1n) is 11.2. The van der Waals surface area contributed by atoms with Crippen LogP contribution in [0, 0.1) is 0 Å². The van der Waals surface area contributed by atoms with E-state index in [1.165, 1.54) is 18.4 Å². The van der Waals surface area contributed by atoms with E-state index in [1.807, 2.05) is 4.68 Å². The van der Waals surface area contributed by atoms with E-state index in [9.17, 15) is 0 Å². The predicted molar refractivity (Wildman–Crippen MR) is 125 cm³/mol. The topological polar surface area (TPSA) is 94.1 Å². The van der Waals surface area contributed by atoms with E-state index >= 15 is 0 Å². The molecule has 0 bridgehead atoms. The van der Waals surface area contributed by atoms with Crippen LogP contribution in [0.25, 0.3) is 11.0 Å². The highest BCUT2D eigenvalue weighted by Gasteiger charge is 2.20. The SMILES string of the molecule is CCCCNc1nc(N)nc2cnn(Cc3ccc(C4CCN(C)CC4)cc3OC)c12. The van der Waals surface area contributed by atoms with Crippen LogP contribution in [0.2, 0.25) is 0 Å². The van der Waals surface area contributed by atoms with Crippen molar-refractivity contribution in [3.63, 3.8) is 0 Å². The first-order valence-corrected chi connectivity index (χ1v) is 11.2. The number of piperidine rings is 1. The molecule has 2 aromatic heterocycles. The molecule has 1 aromatic carbocycles. The van der Waals surface area contributed by atoms with E-state index < -0.39 is 0 Å². The van der Waals surface area contributed by atoms with Crippen LogP contribution >= 0.6 is 0 Å². The zero-order valence-corrected chi connectivity index (χ0v) is 18.8. The summed E-state index contributed by atoms with van der Waals surface area (Å²) < 4.78 is 7.70. The molecule has 3 heterocycles. The lowest BCUT2D eigenvalue weighted by Crippen LogP contribution is -2.29. The Bertz CT molecular complexity index is 1020. The number of methoxy groups -OCH3 is 1. The van der Waals surface area contributed by atoms with Crippen LogP contribution in [0.4, 0.5) is 11.8 Å². The van der Waals surface area contributed by atoms with Crippen molar-refractivity contribution in [3.8, 4) is 5.75 Å². The molecule has 0 aliphatic carbocycles. The van der Waals surface area contributed by atoms with Gasteiger partial charge in [-0.2, -0.15) is 10.1 Å². The van der Waals surface area contributed by atoms with E-state index in [0.717, 1.165) is 60.6 Å². The Morgan fingerprint density at radius 3 is 2.77 bits per heavy atom. The highest BCUT2D eigenvalue weighted by atomic mass is 16.5. The highest BCUT2D eigenvalue weighted by molar-refractivity contribution is 5.86.